The summed E-state index contributed by atoms with van der Waals surface area (Å²) in [5, 5.41) is 2.15. The third-order valence-corrected chi connectivity index (χ3v) is 5.57. The van der Waals surface area contributed by atoms with Crippen molar-refractivity contribution >= 4 is 35.6 Å². The van der Waals surface area contributed by atoms with E-state index >= 15 is 0 Å². The van der Waals surface area contributed by atoms with Gasteiger partial charge in [-0.05, 0) is 61.0 Å². The van der Waals surface area contributed by atoms with Crippen molar-refractivity contribution in [2.24, 2.45) is 0 Å². The fourth-order valence-corrected chi connectivity index (χ4v) is 3.70. The Labute approximate surface area is 217 Å². The van der Waals surface area contributed by atoms with Gasteiger partial charge in [-0.25, -0.2) is 18.9 Å². The summed E-state index contributed by atoms with van der Waals surface area (Å²) < 4.78 is 30.0. The van der Waals surface area contributed by atoms with Crippen LogP contribution in [0.5, 0.6) is 11.5 Å². The summed E-state index contributed by atoms with van der Waals surface area (Å²) in [6.07, 6.45) is 1.32. The molecule has 1 saturated heterocycles. The van der Waals surface area contributed by atoms with Gasteiger partial charge < -0.3 is 14.2 Å². The first kappa shape index (κ1) is 26.1. The van der Waals surface area contributed by atoms with E-state index in [1.54, 1.807) is 43.3 Å². The molecule has 1 fully saturated rings. The van der Waals surface area contributed by atoms with Crippen molar-refractivity contribution in [3.63, 3.8) is 0 Å². The molecule has 1 aliphatic heterocycles. The average Bonchev–Trinajstić information content (AvgIpc) is 2.91. The molecule has 0 radical (unpaired) electrons. The Bertz CT molecular complexity index is 1430. The number of rotatable bonds is 8. The minimum Gasteiger partial charge on any atom is -0.490 e. The molecular formula is C28H23FN2O7. The number of barbiturate groups is 1. The van der Waals surface area contributed by atoms with E-state index in [0.717, 1.165) is 4.90 Å². The summed E-state index contributed by atoms with van der Waals surface area (Å²) in [5.74, 6) is -2.00. The fourth-order valence-electron chi connectivity index (χ4n) is 3.70. The number of hydrogen-bond acceptors (Lipinski definition) is 7. The lowest BCUT2D eigenvalue weighted by molar-refractivity contribution is -0.122. The number of methoxy groups -OCH3 is 1. The topological polar surface area (TPSA) is 111 Å². The van der Waals surface area contributed by atoms with E-state index in [2.05, 4.69) is 10.1 Å². The first-order chi connectivity index (χ1) is 18.3. The third-order valence-electron chi connectivity index (χ3n) is 5.57. The summed E-state index contributed by atoms with van der Waals surface area (Å²) in [6, 6.07) is 15.6. The number of nitrogens with zero attached hydrogens (tertiary/aromatic N) is 1. The highest BCUT2D eigenvalue weighted by atomic mass is 19.1. The summed E-state index contributed by atoms with van der Waals surface area (Å²) in [6.45, 7) is 2.05. The van der Waals surface area contributed by atoms with Crippen LogP contribution >= 0.6 is 0 Å². The number of esters is 1. The SMILES string of the molecule is CCOc1cc(/C=C2\C(=O)NC(=O)N(c3ccc(C(=O)OC)cc3)C2=O)ccc1OCc1ccccc1F. The Morgan fingerprint density at radius 2 is 1.71 bits per heavy atom. The Morgan fingerprint density at radius 3 is 2.39 bits per heavy atom. The maximum Gasteiger partial charge on any atom is 0.337 e. The molecule has 0 aromatic heterocycles. The lowest BCUT2D eigenvalue weighted by Crippen LogP contribution is -2.54. The van der Waals surface area contributed by atoms with Gasteiger partial charge >= 0.3 is 12.0 Å². The Kier molecular flexibility index (Phi) is 7.81. The molecule has 0 unspecified atom stereocenters. The van der Waals surface area contributed by atoms with E-state index in [0.29, 0.717) is 29.2 Å². The highest BCUT2D eigenvalue weighted by Crippen LogP contribution is 2.31. The largest absolute Gasteiger partial charge is 0.490 e. The summed E-state index contributed by atoms with van der Waals surface area (Å²) in [5.41, 5.74) is 0.902. The van der Waals surface area contributed by atoms with Crippen molar-refractivity contribution in [2.45, 2.75) is 13.5 Å². The van der Waals surface area contributed by atoms with Crippen LogP contribution in [-0.2, 0) is 20.9 Å². The summed E-state index contributed by atoms with van der Waals surface area (Å²) in [7, 11) is 1.24. The Balaban J connectivity index is 1.60. The lowest BCUT2D eigenvalue weighted by Gasteiger charge is -2.26. The van der Waals surface area contributed by atoms with Crippen LogP contribution in [-0.4, -0.2) is 37.5 Å². The van der Waals surface area contributed by atoms with Crippen LogP contribution in [0.15, 0.2) is 72.3 Å². The van der Waals surface area contributed by atoms with E-state index in [1.807, 2.05) is 0 Å². The van der Waals surface area contributed by atoms with Crippen molar-refractivity contribution in [1.82, 2.24) is 5.32 Å². The van der Waals surface area contributed by atoms with Crippen molar-refractivity contribution in [3.8, 4) is 11.5 Å². The number of carbonyl (C=O) groups is 4. The first-order valence-electron chi connectivity index (χ1n) is 11.5. The standard InChI is InChI=1S/C28H23FN2O7/c1-3-37-24-15-17(8-13-23(24)38-16-19-6-4-5-7-22(19)29)14-21-25(32)30-28(35)31(26(21)33)20-11-9-18(10-12-20)27(34)36-2/h4-15H,3,16H2,1-2H3,(H,30,32,35)/b21-14+. The third kappa shape index (κ3) is 5.54. The van der Waals surface area contributed by atoms with Gasteiger partial charge in [-0.2, -0.15) is 0 Å². The van der Waals surface area contributed by atoms with Gasteiger partial charge in [0.05, 0.1) is 25.0 Å². The number of carbonyl (C=O) groups excluding carboxylic acids is 4. The molecule has 0 aliphatic carbocycles. The molecule has 1 aliphatic rings. The fraction of sp³-hybridized carbons (Fsp3) is 0.143. The summed E-state index contributed by atoms with van der Waals surface area (Å²) in [4.78, 5) is 50.7. The number of urea groups is 1. The molecule has 0 saturated carbocycles. The van der Waals surface area contributed by atoms with Crippen LogP contribution in [0.3, 0.4) is 0 Å². The molecule has 4 amide bonds. The van der Waals surface area contributed by atoms with Crippen LogP contribution < -0.4 is 19.7 Å². The molecule has 0 bridgehead atoms. The van der Waals surface area contributed by atoms with Crippen molar-refractivity contribution in [1.29, 1.82) is 0 Å². The lowest BCUT2D eigenvalue weighted by atomic mass is 10.1. The van der Waals surface area contributed by atoms with E-state index < -0.39 is 29.6 Å². The average molecular weight is 518 g/mol. The number of ether oxygens (including phenoxy) is 3. The van der Waals surface area contributed by atoms with Gasteiger partial charge in [0, 0.05) is 5.56 Å². The van der Waals surface area contributed by atoms with Gasteiger partial charge in [-0.15, -0.1) is 0 Å². The minimum absolute atomic E-state index is 0.0279. The van der Waals surface area contributed by atoms with Crippen LogP contribution in [0.25, 0.3) is 6.08 Å². The zero-order chi connectivity index (χ0) is 27.2. The minimum atomic E-state index is -0.921. The second-order valence-corrected chi connectivity index (χ2v) is 8.02. The number of amides is 4. The maximum atomic E-state index is 14.0. The maximum absolute atomic E-state index is 14.0. The molecule has 1 heterocycles. The van der Waals surface area contributed by atoms with E-state index in [1.165, 1.54) is 43.5 Å². The zero-order valence-corrected chi connectivity index (χ0v) is 20.5. The Hall–Kier alpha value is -4.99. The van der Waals surface area contributed by atoms with Crippen LogP contribution in [0.2, 0.25) is 0 Å². The monoisotopic (exact) mass is 518 g/mol. The van der Waals surface area contributed by atoms with Gasteiger partial charge in [0.25, 0.3) is 11.8 Å². The van der Waals surface area contributed by atoms with Gasteiger partial charge in [0.2, 0.25) is 0 Å². The molecule has 3 aromatic carbocycles. The molecule has 4 rings (SSSR count). The highest BCUT2D eigenvalue weighted by Gasteiger charge is 2.37. The summed E-state index contributed by atoms with van der Waals surface area (Å²) >= 11 is 0. The molecule has 0 spiro atoms. The van der Waals surface area contributed by atoms with Crippen molar-refractivity contribution in [3.05, 3.63) is 94.8 Å². The second-order valence-electron chi connectivity index (χ2n) is 8.02. The number of hydrogen-bond donors (Lipinski definition) is 1. The first-order valence-corrected chi connectivity index (χ1v) is 11.5. The van der Waals surface area contributed by atoms with E-state index in [-0.39, 0.29) is 23.4 Å². The molecular weight excluding hydrogens is 495 g/mol. The van der Waals surface area contributed by atoms with Crippen LogP contribution in [0, 0.1) is 5.82 Å². The molecule has 1 N–H and O–H groups in total. The van der Waals surface area contributed by atoms with Crippen LogP contribution in [0.4, 0.5) is 14.9 Å². The van der Waals surface area contributed by atoms with Gasteiger partial charge in [-0.3, -0.25) is 14.9 Å². The quantitative estimate of drug-likeness (QED) is 0.270. The Morgan fingerprint density at radius 1 is 0.974 bits per heavy atom. The number of imide groups is 2. The number of anilines is 1. The zero-order valence-electron chi connectivity index (χ0n) is 20.5. The molecule has 10 heteroatoms. The predicted octanol–water partition coefficient (Wildman–Crippen LogP) is 4.26. The van der Waals surface area contributed by atoms with Crippen LogP contribution in [0.1, 0.15) is 28.4 Å². The molecule has 38 heavy (non-hydrogen) atoms. The second kappa shape index (κ2) is 11.4. The molecule has 0 atom stereocenters. The highest BCUT2D eigenvalue weighted by molar-refractivity contribution is 6.39. The van der Waals surface area contributed by atoms with Gasteiger partial charge in [-0.1, -0.05) is 24.3 Å². The normalized spacial score (nSPS) is 14.3. The predicted molar refractivity (Wildman–Crippen MR) is 135 cm³/mol. The molecule has 3 aromatic rings. The van der Waals surface area contributed by atoms with Crippen molar-refractivity contribution < 1.29 is 37.8 Å². The van der Waals surface area contributed by atoms with Crippen molar-refractivity contribution in [2.75, 3.05) is 18.6 Å². The molecule has 9 nitrogen and oxygen atoms in total. The van der Waals surface area contributed by atoms with Gasteiger partial charge in [0.15, 0.2) is 11.5 Å². The smallest absolute Gasteiger partial charge is 0.337 e. The number of benzene rings is 3. The number of nitrogens with one attached hydrogen (secondary N) is 1. The molecule has 194 valence electrons. The number of halogens is 1. The van der Waals surface area contributed by atoms with Gasteiger partial charge in [0.1, 0.15) is 18.0 Å². The van der Waals surface area contributed by atoms with E-state index in [4.69, 9.17) is 9.47 Å². The van der Waals surface area contributed by atoms with E-state index in [9.17, 15) is 23.6 Å².